The zero-order valence-electron chi connectivity index (χ0n) is 25.0. The zero-order valence-corrected chi connectivity index (χ0v) is 25.8. The number of β-amino-alcohol motifs (C(OH)–C–C–N with tert-alkyl or cyclic N) is 1. The Kier molecular flexibility index (Phi) is 7.41. The van der Waals surface area contributed by atoms with E-state index in [0.717, 1.165) is 99.6 Å². The summed E-state index contributed by atoms with van der Waals surface area (Å²) in [6.45, 7) is 4.21. The number of carbonyl (C=O) groups is 1. The van der Waals surface area contributed by atoms with Crippen LogP contribution in [0.4, 0.5) is 11.5 Å². The van der Waals surface area contributed by atoms with E-state index in [4.69, 9.17) is 15.5 Å². The molecule has 2 fully saturated rings. The second-order valence-corrected chi connectivity index (χ2v) is 13.4. The van der Waals surface area contributed by atoms with Gasteiger partial charge in [-0.2, -0.15) is 0 Å². The van der Waals surface area contributed by atoms with Crippen LogP contribution in [0.25, 0.3) is 21.1 Å². The van der Waals surface area contributed by atoms with E-state index < -0.39 is 0 Å². The van der Waals surface area contributed by atoms with Crippen molar-refractivity contribution >= 4 is 49.9 Å². The smallest absolute Gasteiger partial charge is 0.261 e. The fourth-order valence-corrected chi connectivity index (χ4v) is 7.68. The molecule has 0 atom stereocenters. The first-order chi connectivity index (χ1) is 22.0. The van der Waals surface area contributed by atoms with Crippen molar-refractivity contribution in [2.75, 3.05) is 36.9 Å². The van der Waals surface area contributed by atoms with Crippen LogP contribution in [0.15, 0.2) is 48.8 Å². The van der Waals surface area contributed by atoms with Crippen molar-refractivity contribution in [3.05, 3.63) is 81.9 Å². The average Bonchev–Trinajstić information content (AvgIpc) is 3.63. The van der Waals surface area contributed by atoms with Crippen LogP contribution in [0.1, 0.15) is 75.4 Å². The number of carbonyl (C=O) groups excluding carboxylic acids is 1. The fourth-order valence-electron chi connectivity index (χ4n) is 6.56. The number of aliphatic hydroxyl groups excluding tert-OH is 1. The van der Waals surface area contributed by atoms with Crippen LogP contribution in [0, 0.1) is 0 Å². The normalized spacial score (nSPS) is 17.3. The van der Waals surface area contributed by atoms with Gasteiger partial charge >= 0.3 is 0 Å². The number of benzene rings is 2. The Balaban J connectivity index is 1.12. The van der Waals surface area contributed by atoms with Crippen molar-refractivity contribution in [3.8, 4) is 0 Å². The number of aromatic nitrogens is 4. The number of piperidine rings is 1. The molecule has 5 aromatic rings. The predicted molar refractivity (Wildman–Crippen MR) is 174 cm³/mol. The van der Waals surface area contributed by atoms with Gasteiger partial charge in [0, 0.05) is 47.4 Å². The van der Waals surface area contributed by atoms with E-state index in [1.807, 2.05) is 18.2 Å². The first-order valence-corrected chi connectivity index (χ1v) is 16.5. The summed E-state index contributed by atoms with van der Waals surface area (Å²) in [6.07, 6.45) is 7.59. The molecule has 0 radical (unpaired) electrons. The maximum Gasteiger partial charge on any atom is 0.261 e. The van der Waals surface area contributed by atoms with Gasteiger partial charge in [0.15, 0.2) is 0 Å². The summed E-state index contributed by atoms with van der Waals surface area (Å²) < 4.78 is 6.76. The van der Waals surface area contributed by atoms with Gasteiger partial charge in [-0.05, 0) is 74.2 Å². The molecule has 0 unspecified atom stereocenters. The number of nitrogens with zero attached hydrogens (tertiary/aromatic N) is 6. The largest absolute Gasteiger partial charge is 0.395 e. The number of rotatable bonds is 8. The summed E-state index contributed by atoms with van der Waals surface area (Å²) in [6, 6.07) is 12.2. The Hall–Kier alpha value is -4.03. The van der Waals surface area contributed by atoms with Crippen molar-refractivity contribution in [1.29, 1.82) is 0 Å². The van der Waals surface area contributed by atoms with Gasteiger partial charge in [0.05, 0.1) is 52.7 Å². The summed E-state index contributed by atoms with van der Waals surface area (Å²) in [5.41, 5.74) is 12.2. The van der Waals surface area contributed by atoms with E-state index >= 15 is 0 Å². The summed E-state index contributed by atoms with van der Waals surface area (Å²) in [4.78, 5) is 37.0. The first-order valence-electron chi connectivity index (χ1n) is 15.7. The van der Waals surface area contributed by atoms with Gasteiger partial charge in [0.1, 0.15) is 11.6 Å². The lowest BCUT2D eigenvalue weighted by Crippen LogP contribution is -2.34. The van der Waals surface area contributed by atoms with E-state index in [9.17, 15) is 9.90 Å². The highest BCUT2D eigenvalue weighted by Gasteiger charge is 2.28. The van der Waals surface area contributed by atoms with E-state index in [-0.39, 0.29) is 12.5 Å². The minimum atomic E-state index is -0.168. The second kappa shape index (κ2) is 11.7. The molecular formula is C34H35N7O3S. The van der Waals surface area contributed by atoms with Crippen molar-refractivity contribution < 1.29 is 14.6 Å². The molecule has 8 rings (SSSR count). The Morgan fingerprint density at radius 3 is 2.56 bits per heavy atom. The van der Waals surface area contributed by atoms with Crippen LogP contribution in [0.2, 0.25) is 0 Å². The molecule has 1 saturated carbocycles. The number of aliphatic hydroxyl groups is 1. The molecule has 1 aliphatic carbocycles. The number of nitrogens with two attached hydrogens (primary N) is 1. The lowest BCUT2D eigenvalue weighted by molar-refractivity contribution is 0.0984. The van der Waals surface area contributed by atoms with Crippen molar-refractivity contribution in [1.82, 2.24) is 24.8 Å². The number of anilines is 2. The molecule has 2 aromatic carbocycles. The molecule has 1 amide bonds. The number of pyridine rings is 1. The lowest BCUT2D eigenvalue weighted by atomic mass is 9.97. The highest BCUT2D eigenvalue weighted by molar-refractivity contribution is 7.18. The molecule has 5 heterocycles. The third-order valence-corrected chi connectivity index (χ3v) is 10.5. The zero-order chi connectivity index (χ0) is 30.5. The minimum absolute atomic E-state index is 0.168. The lowest BCUT2D eigenvalue weighted by Gasteiger charge is -2.30. The Labute approximate surface area is 264 Å². The quantitative estimate of drug-likeness (QED) is 0.242. The predicted octanol–water partition coefficient (Wildman–Crippen LogP) is 5.14. The maximum atomic E-state index is 14.1. The maximum absolute atomic E-state index is 14.1. The van der Waals surface area contributed by atoms with Crippen LogP contribution in [0.5, 0.6) is 0 Å². The second-order valence-electron chi connectivity index (χ2n) is 12.3. The third-order valence-electron chi connectivity index (χ3n) is 9.29. The number of thiazole rings is 1. The summed E-state index contributed by atoms with van der Waals surface area (Å²) in [5.74, 6) is 1.96. The summed E-state index contributed by atoms with van der Waals surface area (Å²) in [7, 11) is 0. The number of hydrogen-bond acceptors (Lipinski definition) is 10. The van der Waals surface area contributed by atoms with Crippen LogP contribution < -0.4 is 10.6 Å². The average molecular weight is 622 g/mol. The van der Waals surface area contributed by atoms with Gasteiger partial charge in [-0.1, -0.05) is 12.1 Å². The number of fused-ring (bicyclic) bond motifs is 4. The molecule has 1 saturated heterocycles. The third kappa shape index (κ3) is 5.54. The minimum Gasteiger partial charge on any atom is -0.395 e. The van der Waals surface area contributed by atoms with Crippen molar-refractivity contribution in [2.24, 2.45) is 0 Å². The SMILES string of the molecule is Nc1nc2cc(CN(C(=O)c3cnc(C4CC4)nc3)c3ccc4sc(C5CCN(CCO)CC5)nc4c3)ccc2c2c1COC2. The molecule has 0 bridgehead atoms. The number of amides is 1. The molecule has 3 aliphatic rings. The molecule has 2 aliphatic heterocycles. The molecule has 3 N–H and O–H groups in total. The molecule has 11 heteroatoms. The monoisotopic (exact) mass is 621 g/mol. The molecule has 230 valence electrons. The first kappa shape index (κ1) is 28.4. The standard InChI is InChI=1S/C34H35N7O3S/c35-31-27-19-44-18-26(27)25-5-1-20(13-28(25)38-31)17-41(34(43)23-15-36-32(37-16-23)21-2-3-21)24-4-6-30-29(14-24)39-33(45-30)22-7-9-40(10-8-22)11-12-42/h1,4-6,13-16,21-22,42H,2-3,7-12,17-19H2,(H2,35,38). The van der Waals surface area contributed by atoms with Gasteiger partial charge in [-0.3, -0.25) is 4.79 Å². The fraction of sp³-hybridized carbons (Fsp3) is 0.382. The van der Waals surface area contributed by atoms with Crippen LogP contribution >= 0.6 is 11.3 Å². The molecule has 10 nitrogen and oxygen atoms in total. The number of hydrogen-bond donors (Lipinski definition) is 2. The molecular weight excluding hydrogens is 586 g/mol. The highest BCUT2D eigenvalue weighted by atomic mass is 32.1. The highest BCUT2D eigenvalue weighted by Crippen LogP contribution is 2.38. The van der Waals surface area contributed by atoms with Gasteiger partial charge < -0.3 is 25.4 Å². The van der Waals surface area contributed by atoms with E-state index in [1.54, 1.807) is 28.6 Å². The number of nitrogen functional groups attached to an aromatic ring is 1. The molecule has 3 aromatic heterocycles. The van der Waals surface area contributed by atoms with Gasteiger partial charge in [-0.25, -0.2) is 19.9 Å². The number of ether oxygens (including phenoxy) is 1. The Morgan fingerprint density at radius 2 is 1.78 bits per heavy atom. The van der Waals surface area contributed by atoms with E-state index in [1.165, 1.54) is 0 Å². The van der Waals surface area contributed by atoms with E-state index in [0.29, 0.717) is 43.0 Å². The van der Waals surface area contributed by atoms with Crippen molar-refractivity contribution in [2.45, 2.75) is 57.3 Å². The van der Waals surface area contributed by atoms with Crippen LogP contribution in [-0.4, -0.2) is 62.1 Å². The van der Waals surface area contributed by atoms with Crippen LogP contribution in [0.3, 0.4) is 0 Å². The van der Waals surface area contributed by atoms with E-state index in [2.05, 4.69) is 38.1 Å². The number of likely N-dealkylation sites (tertiary alicyclic amines) is 1. The molecule has 0 spiro atoms. The Morgan fingerprint density at radius 1 is 0.978 bits per heavy atom. The van der Waals surface area contributed by atoms with Crippen molar-refractivity contribution in [3.63, 3.8) is 0 Å². The summed E-state index contributed by atoms with van der Waals surface area (Å²) >= 11 is 1.74. The molecule has 45 heavy (non-hydrogen) atoms. The van der Waals surface area contributed by atoms with Gasteiger partial charge in [0.2, 0.25) is 0 Å². The summed E-state index contributed by atoms with van der Waals surface area (Å²) in [5, 5.41) is 11.5. The van der Waals surface area contributed by atoms with Gasteiger partial charge in [-0.15, -0.1) is 11.3 Å². The Bertz CT molecular complexity index is 1900. The topological polar surface area (TPSA) is 131 Å². The van der Waals surface area contributed by atoms with Gasteiger partial charge in [0.25, 0.3) is 5.91 Å². The van der Waals surface area contributed by atoms with Crippen LogP contribution in [-0.2, 0) is 24.5 Å².